The van der Waals surface area contributed by atoms with Crippen molar-refractivity contribution in [3.8, 4) is 0 Å². The number of aryl methyl sites for hydroxylation is 1. The van der Waals surface area contributed by atoms with Crippen LogP contribution >= 0.6 is 0 Å². The first-order valence-electron chi connectivity index (χ1n) is 7.79. The van der Waals surface area contributed by atoms with Gasteiger partial charge in [0.1, 0.15) is 0 Å². The molecular formula is C16H25N5O. The van der Waals surface area contributed by atoms with Gasteiger partial charge in [0.2, 0.25) is 5.91 Å². The fourth-order valence-electron chi connectivity index (χ4n) is 2.59. The molecule has 6 heteroatoms. The molecule has 2 rings (SSSR count). The van der Waals surface area contributed by atoms with Crippen molar-refractivity contribution in [3.05, 3.63) is 29.6 Å². The Kier molecular flexibility index (Phi) is 5.75. The minimum absolute atomic E-state index is 0.219. The van der Waals surface area contributed by atoms with Crippen molar-refractivity contribution >= 4 is 11.9 Å². The van der Waals surface area contributed by atoms with Crippen LogP contribution in [0.4, 0.5) is 0 Å². The Bertz CT molecular complexity index is 543. The van der Waals surface area contributed by atoms with E-state index in [2.05, 4.69) is 20.6 Å². The standard InChI is InChI=1S/C16H25N5O/c1-4-15(22)21-9-7-13(11-21)20-16(17-3)19-10-14-12(2)6-5-8-18-14/h5-6,8,13H,4,7,9-11H2,1-3H3,(H2,17,19,20). The molecule has 0 saturated carbocycles. The van der Waals surface area contributed by atoms with Crippen LogP contribution in [0.25, 0.3) is 0 Å². The van der Waals surface area contributed by atoms with E-state index in [1.807, 2.05) is 30.9 Å². The average Bonchev–Trinajstić information content (AvgIpc) is 3.00. The molecule has 0 radical (unpaired) electrons. The second-order valence-corrected chi connectivity index (χ2v) is 5.52. The summed E-state index contributed by atoms with van der Waals surface area (Å²) >= 11 is 0. The maximum absolute atomic E-state index is 11.7. The van der Waals surface area contributed by atoms with Crippen LogP contribution in [0.5, 0.6) is 0 Å². The molecule has 1 aromatic rings. The molecule has 6 nitrogen and oxygen atoms in total. The number of nitrogens with zero attached hydrogens (tertiary/aromatic N) is 3. The first-order chi connectivity index (χ1) is 10.6. The molecule has 22 heavy (non-hydrogen) atoms. The zero-order valence-electron chi connectivity index (χ0n) is 13.6. The summed E-state index contributed by atoms with van der Waals surface area (Å²) in [5.41, 5.74) is 2.17. The van der Waals surface area contributed by atoms with Gasteiger partial charge in [-0.05, 0) is 25.0 Å². The Labute approximate surface area is 132 Å². The summed E-state index contributed by atoms with van der Waals surface area (Å²) in [6.45, 7) is 6.15. The van der Waals surface area contributed by atoms with E-state index in [1.54, 1.807) is 13.2 Å². The van der Waals surface area contributed by atoms with Crippen molar-refractivity contribution in [2.45, 2.75) is 39.3 Å². The highest BCUT2D eigenvalue weighted by atomic mass is 16.2. The van der Waals surface area contributed by atoms with Gasteiger partial charge >= 0.3 is 0 Å². The molecular weight excluding hydrogens is 278 g/mol. The lowest BCUT2D eigenvalue weighted by molar-refractivity contribution is -0.129. The third-order valence-electron chi connectivity index (χ3n) is 3.95. The van der Waals surface area contributed by atoms with Gasteiger partial charge < -0.3 is 15.5 Å². The Morgan fingerprint density at radius 2 is 2.36 bits per heavy atom. The highest BCUT2D eigenvalue weighted by Gasteiger charge is 2.25. The zero-order valence-corrected chi connectivity index (χ0v) is 13.6. The van der Waals surface area contributed by atoms with Gasteiger partial charge in [0.05, 0.1) is 12.2 Å². The second-order valence-electron chi connectivity index (χ2n) is 5.52. The maximum atomic E-state index is 11.7. The van der Waals surface area contributed by atoms with E-state index in [0.717, 1.165) is 36.7 Å². The molecule has 1 aliphatic heterocycles. The van der Waals surface area contributed by atoms with E-state index in [0.29, 0.717) is 13.0 Å². The van der Waals surface area contributed by atoms with E-state index in [4.69, 9.17) is 0 Å². The van der Waals surface area contributed by atoms with Gasteiger partial charge in [0.15, 0.2) is 5.96 Å². The Morgan fingerprint density at radius 3 is 3.05 bits per heavy atom. The molecule has 1 fully saturated rings. The number of carbonyl (C=O) groups excluding carboxylic acids is 1. The lowest BCUT2D eigenvalue weighted by Crippen LogP contribution is -2.44. The van der Waals surface area contributed by atoms with Crippen molar-refractivity contribution < 1.29 is 4.79 Å². The Hall–Kier alpha value is -2.11. The highest BCUT2D eigenvalue weighted by molar-refractivity contribution is 5.80. The largest absolute Gasteiger partial charge is 0.352 e. The summed E-state index contributed by atoms with van der Waals surface area (Å²) in [4.78, 5) is 22.2. The number of carbonyl (C=O) groups is 1. The molecule has 2 heterocycles. The number of hydrogen-bond donors (Lipinski definition) is 2. The number of guanidine groups is 1. The summed E-state index contributed by atoms with van der Waals surface area (Å²) < 4.78 is 0. The van der Waals surface area contributed by atoms with Crippen LogP contribution < -0.4 is 10.6 Å². The van der Waals surface area contributed by atoms with Crippen molar-refractivity contribution in [3.63, 3.8) is 0 Å². The topological polar surface area (TPSA) is 69.6 Å². The van der Waals surface area contributed by atoms with Crippen molar-refractivity contribution in [2.24, 2.45) is 4.99 Å². The van der Waals surface area contributed by atoms with Gasteiger partial charge in [-0.3, -0.25) is 14.8 Å². The third kappa shape index (κ3) is 4.19. The van der Waals surface area contributed by atoms with E-state index in [1.165, 1.54) is 0 Å². The molecule has 1 amide bonds. The molecule has 120 valence electrons. The minimum Gasteiger partial charge on any atom is -0.352 e. The fourth-order valence-corrected chi connectivity index (χ4v) is 2.59. The number of pyridine rings is 1. The number of amides is 1. The maximum Gasteiger partial charge on any atom is 0.222 e. The molecule has 2 N–H and O–H groups in total. The zero-order chi connectivity index (χ0) is 15.9. The molecule has 0 aliphatic carbocycles. The van der Waals surface area contributed by atoms with Gasteiger partial charge in [-0.1, -0.05) is 13.0 Å². The third-order valence-corrected chi connectivity index (χ3v) is 3.95. The Balaban J connectivity index is 1.84. The van der Waals surface area contributed by atoms with Crippen LogP contribution in [-0.2, 0) is 11.3 Å². The van der Waals surface area contributed by atoms with E-state index in [-0.39, 0.29) is 11.9 Å². The Morgan fingerprint density at radius 1 is 1.55 bits per heavy atom. The van der Waals surface area contributed by atoms with Crippen molar-refractivity contribution in [1.82, 2.24) is 20.5 Å². The van der Waals surface area contributed by atoms with Gasteiger partial charge in [0.25, 0.3) is 0 Å². The predicted molar refractivity (Wildman–Crippen MR) is 87.6 cm³/mol. The fraction of sp³-hybridized carbons (Fsp3) is 0.562. The summed E-state index contributed by atoms with van der Waals surface area (Å²) in [6.07, 6.45) is 3.32. The van der Waals surface area contributed by atoms with Crippen LogP contribution in [-0.4, -0.2) is 47.9 Å². The number of aromatic nitrogens is 1. The molecule has 1 atom stereocenters. The monoisotopic (exact) mass is 303 g/mol. The van der Waals surface area contributed by atoms with Crippen LogP contribution in [0.1, 0.15) is 31.0 Å². The number of aliphatic imine (C=N–C) groups is 1. The van der Waals surface area contributed by atoms with E-state index in [9.17, 15) is 4.79 Å². The lowest BCUT2D eigenvalue weighted by Gasteiger charge is -2.18. The van der Waals surface area contributed by atoms with Crippen LogP contribution in [0, 0.1) is 6.92 Å². The van der Waals surface area contributed by atoms with E-state index < -0.39 is 0 Å². The van der Waals surface area contributed by atoms with Gasteiger partial charge in [-0.2, -0.15) is 0 Å². The first-order valence-corrected chi connectivity index (χ1v) is 7.79. The smallest absolute Gasteiger partial charge is 0.222 e. The molecule has 1 unspecified atom stereocenters. The van der Waals surface area contributed by atoms with E-state index >= 15 is 0 Å². The highest BCUT2D eigenvalue weighted by Crippen LogP contribution is 2.10. The second kappa shape index (κ2) is 7.77. The first kappa shape index (κ1) is 16.3. The molecule has 1 aliphatic rings. The average molecular weight is 303 g/mol. The lowest BCUT2D eigenvalue weighted by atomic mass is 10.2. The number of hydrogen-bond acceptors (Lipinski definition) is 3. The number of nitrogens with one attached hydrogen (secondary N) is 2. The molecule has 1 aromatic heterocycles. The summed E-state index contributed by atoms with van der Waals surface area (Å²) in [6, 6.07) is 4.24. The SMILES string of the molecule is CCC(=O)N1CCC(NC(=NC)NCc2ncccc2C)C1. The van der Waals surface area contributed by atoms with Gasteiger partial charge in [-0.15, -0.1) is 0 Å². The van der Waals surface area contributed by atoms with Crippen LogP contribution in [0.2, 0.25) is 0 Å². The van der Waals surface area contributed by atoms with Crippen molar-refractivity contribution in [2.75, 3.05) is 20.1 Å². The number of rotatable bonds is 4. The minimum atomic E-state index is 0.219. The number of likely N-dealkylation sites (tertiary alicyclic amines) is 1. The summed E-state index contributed by atoms with van der Waals surface area (Å²) in [7, 11) is 1.75. The summed E-state index contributed by atoms with van der Waals surface area (Å²) in [5.74, 6) is 0.970. The molecule has 1 saturated heterocycles. The van der Waals surface area contributed by atoms with Crippen molar-refractivity contribution in [1.29, 1.82) is 0 Å². The molecule has 0 aromatic carbocycles. The molecule has 0 bridgehead atoms. The predicted octanol–water partition coefficient (Wildman–Crippen LogP) is 1.07. The van der Waals surface area contributed by atoms with Crippen LogP contribution in [0.3, 0.4) is 0 Å². The van der Waals surface area contributed by atoms with Gasteiger partial charge in [-0.25, -0.2) is 0 Å². The normalized spacial score (nSPS) is 18.4. The quantitative estimate of drug-likeness (QED) is 0.645. The molecule has 0 spiro atoms. The van der Waals surface area contributed by atoms with Crippen LogP contribution in [0.15, 0.2) is 23.3 Å². The van der Waals surface area contributed by atoms with Gasteiger partial charge in [0, 0.05) is 38.8 Å². The summed E-state index contributed by atoms with van der Waals surface area (Å²) in [5, 5.41) is 6.67.